The van der Waals surface area contributed by atoms with Crippen LogP contribution in [-0.2, 0) is 17.5 Å². The number of likely N-dealkylation sites (tertiary alicyclic amines) is 1. The monoisotopic (exact) mass is 624 g/mol. The molecule has 0 amide bonds. The second-order valence-electron chi connectivity index (χ2n) is 10.5. The number of hydrogen-bond acceptors (Lipinski definition) is 11. The minimum atomic E-state index is -4.68. The number of pyridine rings is 1. The number of thiazole rings is 1. The molecule has 5 heterocycles. The van der Waals surface area contributed by atoms with Crippen LogP contribution in [0.3, 0.4) is 0 Å². The quantitative estimate of drug-likeness (QED) is 0.311. The maximum atomic E-state index is 15.7. The normalized spacial score (nSPS) is 18.3. The third-order valence-electron chi connectivity index (χ3n) is 7.67. The highest BCUT2D eigenvalue weighted by atomic mass is 32.1. The van der Waals surface area contributed by atoms with Crippen LogP contribution >= 0.6 is 11.3 Å². The average molecular weight is 625 g/mol. The van der Waals surface area contributed by atoms with E-state index >= 15 is 4.39 Å². The summed E-state index contributed by atoms with van der Waals surface area (Å²) in [5.74, 6) is -2.08. The minimum Gasteiger partial charge on any atom is -0.481 e. The van der Waals surface area contributed by atoms with Gasteiger partial charge in [0.25, 0.3) is 0 Å². The lowest BCUT2D eigenvalue weighted by atomic mass is 10.1. The molecule has 0 radical (unpaired) electrons. The molecular formula is C27H32F4N8O3S. The number of carbonyl (C=O) groups is 1. The van der Waals surface area contributed by atoms with Crippen LogP contribution in [0.2, 0.25) is 0 Å². The Balaban J connectivity index is 1.41. The van der Waals surface area contributed by atoms with E-state index in [1.165, 1.54) is 23.9 Å². The molecule has 3 aromatic heterocycles. The zero-order chi connectivity index (χ0) is 30.7. The molecule has 2 aliphatic rings. The van der Waals surface area contributed by atoms with E-state index in [-0.39, 0.29) is 28.8 Å². The standard InChI is InChI=1S/C27H32F4N8O3S/c1-16-4-3-6-39(16)14-19-22(17-12-18(27(29,30)31)25(42-2)32-13-17)35-26(43-19)36-23-21(28)24(34-15-33-23)38-10-8-37(9-11-38)7-5-20(40)41/h12-13,15-16H,3-11,14H2,1-2H3,(H,40,41)(H,33,34,35,36)/t16-/m1/s1. The number of nitrogens with zero attached hydrogens (tertiary/aromatic N) is 7. The van der Waals surface area contributed by atoms with Crippen molar-refractivity contribution in [3.05, 3.63) is 34.8 Å². The largest absolute Gasteiger partial charge is 0.481 e. The van der Waals surface area contributed by atoms with Crippen molar-refractivity contribution in [1.29, 1.82) is 0 Å². The van der Waals surface area contributed by atoms with Gasteiger partial charge < -0.3 is 20.1 Å². The Morgan fingerprint density at radius 1 is 1.19 bits per heavy atom. The third kappa shape index (κ3) is 7.13. The maximum Gasteiger partial charge on any atom is 0.421 e. The van der Waals surface area contributed by atoms with Crippen LogP contribution in [0, 0.1) is 5.82 Å². The van der Waals surface area contributed by atoms with E-state index in [0.717, 1.165) is 32.6 Å². The van der Waals surface area contributed by atoms with E-state index < -0.39 is 29.4 Å². The second-order valence-corrected chi connectivity index (χ2v) is 11.6. The molecule has 0 unspecified atom stereocenters. The fraction of sp³-hybridized carbons (Fsp3) is 0.519. The summed E-state index contributed by atoms with van der Waals surface area (Å²) in [6.45, 7) is 5.87. The number of halogens is 4. The summed E-state index contributed by atoms with van der Waals surface area (Å²) >= 11 is 1.22. The van der Waals surface area contributed by atoms with Crippen molar-refractivity contribution in [3.63, 3.8) is 0 Å². The Hall–Kier alpha value is -3.63. The van der Waals surface area contributed by atoms with E-state index in [9.17, 15) is 18.0 Å². The van der Waals surface area contributed by atoms with E-state index in [1.54, 1.807) is 4.90 Å². The minimum absolute atomic E-state index is 0.0362. The predicted molar refractivity (Wildman–Crippen MR) is 152 cm³/mol. The highest BCUT2D eigenvalue weighted by Crippen LogP contribution is 2.40. The van der Waals surface area contributed by atoms with Gasteiger partial charge in [0.15, 0.2) is 16.8 Å². The van der Waals surface area contributed by atoms with Gasteiger partial charge in [-0.25, -0.2) is 19.9 Å². The van der Waals surface area contributed by atoms with E-state index in [4.69, 9.17) is 9.84 Å². The summed E-state index contributed by atoms with van der Waals surface area (Å²) in [5.41, 5.74) is -0.520. The van der Waals surface area contributed by atoms with Gasteiger partial charge in [0, 0.05) is 61.9 Å². The molecule has 0 spiro atoms. The topological polar surface area (TPSA) is 120 Å². The SMILES string of the molecule is COc1ncc(-c2nc(Nc3ncnc(N4CCN(CCC(=O)O)CC4)c3F)sc2CN2CCC[C@H]2C)cc1C(F)(F)F. The first-order valence-electron chi connectivity index (χ1n) is 13.9. The molecule has 16 heteroatoms. The smallest absolute Gasteiger partial charge is 0.421 e. The lowest BCUT2D eigenvalue weighted by molar-refractivity contribution is -0.139. The van der Waals surface area contributed by atoms with Crippen LogP contribution in [0.25, 0.3) is 11.3 Å². The van der Waals surface area contributed by atoms with Gasteiger partial charge >= 0.3 is 12.1 Å². The number of aromatic nitrogens is 4. The Morgan fingerprint density at radius 3 is 2.60 bits per heavy atom. The number of nitrogens with one attached hydrogen (secondary N) is 1. The summed E-state index contributed by atoms with van der Waals surface area (Å²) < 4.78 is 61.9. The van der Waals surface area contributed by atoms with Crippen molar-refractivity contribution in [2.75, 3.05) is 56.6 Å². The molecule has 3 aromatic rings. The van der Waals surface area contributed by atoms with Gasteiger partial charge in [-0.05, 0) is 32.4 Å². The van der Waals surface area contributed by atoms with Crippen molar-refractivity contribution in [1.82, 2.24) is 29.7 Å². The third-order valence-corrected chi connectivity index (χ3v) is 8.62. The Kier molecular flexibility index (Phi) is 9.27. The highest BCUT2D eigenvalue weighted by Gasteiger charge is 2.36. The number of ether oxygens (including phenoxy) is 1. The molecule has 0 aromatic carbocycles. The summed E-state index contributed by atoms with van der Waals surface area (Å²) in [5, 5.41) is 12.1. The number of methoxy groups -OCH3 is 1. The Morgan fingerprint density at radius 2 is 1.95 bits per heavy atom. The van der Waals surface area contributed by atoms with Crippen molar-refractivity contribution in [2.45, 2.75) is 44.9 Å². The Bertz CT molecular complexity index is 1450. The second kappa shape index (κ2) is 12.9. The zero-order valence-electron chi connectivity index (χ0n) is 23.7. The van der Waals surface area contributed by atoms with Crippen molar-refractivity contribution >= 4 is 34.1 Å². The molecule has 1 atom stereocenters. The number of piperazine rings is 1. The summed E-state index contributed by atoms with van der Waals surface area (Å²) in [7, 11) is 1.13. The molecule has 0 saturated carbocycles. The summed E-state index contributed by atoms with van der Waals surface area (Å²) in [6.07, 6.45) is -0.0766. The number of alkyl halides is 3. The van der Waals surface area contributed by atoms with Crippen LogP contribution in [0.1, 0.15) is 36.6 Å². The number of aliphatic carboxylic acids is 1. The molecular weight excluding hydrogens is 592 g/mol. The van der Waals surface area contributed by atoms with Crippen LogP contribution in [-0.4, -0.2) is 93.2 Å². The first-order chi connectivity index (χ1) is 20.5. The van der Waals surface area contributed by atoms with Gasteiger partial charge in [0.05, 0.1) is 19.2 Å². The van der Waals surface area contributed by atoms with E-state index in [1.807, 2.05) is 4.90 Å². The number of anilines is 3. The lowest BCUT2D eigenvalue weighted by Crippen LogP contribution is -2.47. The van der Waals surface area contributed by atoms with Crippen LogP contribution in [0.4, 0.5) is 34.3 Å². The van der Waals surface area contributed by atoms with Gasteiger partial charge in [-0.3, -0.25) is 14.6 Å². The molecule has 232 valence electrons. The molecule has 0 aliphatic carbocycles. The highest BCUT2D eigenvalue weighted by molar-refractivity contribution is 7.16. The molecule has 2 aliphatic heterocycles. The Labute approximate surface area is 249 Å². The van der Waals surface area contributed by atoms with Gasteiger partial charge in [-0.2, -0.15) is 17.6 Å². The molecule has 2 saturated heterocycles. The van der Waals surface area contributed by atoms with Gasteiger partial charge in [-0.15, -0.1) is 0 Å². The van der Waals surface area contributed by atoms with E-state index in [0.29, 0.717) is 55.9 Å². The van der Waals surface area contributed by atoms with Gasteiger partial charge in [0.2, 0.25) is 11.7 Å². The summed E-state index contributed by atoms with van der Waals surface area (Å²) in [6, 6.07) is 1.28. The molecule has 2 N–H and O–H groups in total. The van der Waals surface area contributed by atoms with Crippen molar-refractivity contribution < 1.29 is 32.2 Å². The zero-order valence-corrected chi connectivity index (χ0v) is 24.5. The van der Waals surface area contributed by atoms with Crippen LogP contribution in [0.5, 0.6) is 5.88 Å². The number of carboxylic acids is 1. The predicted octanol–water partition coefficient (Wildman–Crippen LogP) is 4.49. The average Bonchev–Trinajstić information content (AvgIpc) is 3.57. The fourth-order valence-corrected chi connectivity index (χ4v) is 6.31. The maximum absolute atomic E-state index is 15.7. The van der Waals surface area contributed by atoms with Gasteiger partial charge in [-0.1, -0.05) is 11.3 Å². The van der Waals surface area contributed by atoms with E-state index in [2.05, 4.69) is 37.1 Å². The van der Waals surface area contributed by atoms with Crippen LogP contribution in [0.15, 0.2) is 18.6 Å². The summed E-state index contributed by atoms with van der Waals surface area (Å²) in [4.78, 5) is 34.3. The van der Waals surface area contributed by atoms with Crippen molar-refractivity contribution in [2.24, 2.45) is 0 Å². The molecule has 5 rings (SSSR count). The number of carboxylic acid groups (broad SMARTS) is 1. The number of rotatable bonds is 10. The fourth-order valence-electron chi connectivity index (χ4n) is 5.30. The first kappa shape index (κ1) is 30.8. The molecule has 0 bridgehead atoms. The number of hydrogen-bond donors (Lipinski definition) is 2. The lowest BCUT2D eigenvalue weighted by Gasteiger charge is -2.35. The van der Waals surface area contributed by atoms with Crippen LogP contribution < -0.4 is 15.0 Å². The first-order valence-corrected chi connectivity index (χ1v) is 14.7. The van der Waals surface area contributed by atoms with Crippen molar-refractivity contribution in [3.8, 4) is 17.1 Å². The molecule has 43 heavy (non-hydrogen) atoms. The molecule has 2 fully saturated rings. The van der Waals surface area contributed by atoms with Gasteiger partial charge in [0.1, 0.15) is 11.9 Å². The molecule has 11 nitrogen and oxygen atoms in total.